The number of halogens is 1. The molecule has 3 aromatic rings. The van der Waals surface area contributed by atoms with Crippen LogP contribution in [0.1, 0.15) is 44.2 Å². The van der Waals surface area contributed by atoms with Crippen LogP contribution in [0.3, 0.4) is 0 Å². The Kier molecular flexibility index (Phi) is 5.79. The van der Waals surface area contributed by atoms with Crippen molar-refractivity contribution in [1.29, 1.82) is 0 Å². The number of hydrogen-bond donors (Lipinski definition) is 1. The first-order valence-electron chi connectivity index (χ1n) is 12.4. The molecule has 1 N–H and O–H groups in total. The number of nitrogens with zero attached hydrogens (tertiary/aromatic N) is 5. The summed E-state index contributed by atoms with van der Waals surface area (Å²) in [7, 11) is 1.81. The number of oxazole rings is 1. The molecule has 2 aromatic heterocycles. The molecule has 1 aromatic carbocycles. The number of amides is 1. The number of likely N-dealkylation sites (N-methyl/N-ethyl adjacent to an activating group) is 1. The number of likely N-dealkylation sites (tertiary alicyclic amines) is 1. The zero-order valence-electron chi connectivity index (χ0n) is 20.4. The van der Waals surface area contributed by atoms with Crippen LogP contribution in [0, 0.1) is 5.82 Å². The van der Waals surface area contributed by atoms with E-state index in [1.807, 2.05) is 7.05 Å². The molecule has 1 unspecified atom stereocenters. The third-order valence-corrected chi connectivity index (χ3v) is 9.12. The number of carbonyl (C=O) groups is 1. The first-order chi connectivity index (χ1) is 17.3. The highest BCUT2D eigenvalue weighted by molar-refractivity contribution is 7.91. The number of hydrogen-bond acceptors (Lipinski definition) is 8. The lowest BCUT2D eigenvalue weighted by Crippen LogP contribution is -2.44. The summed E-state index contributed by atoms with van der Waals surface area (Å²) in [6.45, 7) is 4.15. The van der Waals surface area contributed by atoms with E-state index < -0.39 is 11.2 Å². The summed E-state index contributed by atoms with van der Waals surface area (Å²) < 4.78 is 32.4. The molecule has 0 aliphatic carbocycles. The van der Waals surface area contributed by atoms with Crippen LogP contribution in [-0.2, 0) is 27.8 Å². The molecule has 1 amide bonds. The van der Waals surface area contributed by atoms with Crippen molar-refractivity contribution in [3.63, 3.8) is 0 Å². The van der Waals surface area contributed by atoms with Crippen LogP contribution in [0.5, 0.6) is 0 Å². The molecule has 2 atom stereocenters. The van der Waals surface area contributed by atoms with E-state index in [1.165, 1.54) is 12.1 Å². The van der Waals surface area contributed by atoms with E-state index in [0.29, 0.717) is 71.9 Å². The SMILES string of the molecule is CN1C[C@@H](Nc2nc(N3CCC(C)(c4nc5cc(F)ccc5o4)CC3)nc3c2[S+]([O-])CC3)CCC1=O. The van der Waals surface area contributed by atoms with Crippen molar-refractivity contribution in [2.75, 3.05) is 42.7 Å². The van der Waals surface area contributed by atoms with Crippen molar-refractivity contribution in [3.05, 3.63) is 35.6 Å². The van der Waals surface area contributed by atoms with Crippen molar-refractivity contribution in [2.24, 2.45) is 0 Å². The minimum Gasteiger partial charge on any atom is -0.611 e. The predicted octanol–water partition coefficient (Wildman–Crippen LogP) is 3.01. The molecular formula is C25H29FN6O3S. The maximum Gasteiger partial charge on any atom is 0.227 e. The number of aromatic nitrogens is 3. The highest BCUT2D eigenvalue weighted by atomic mass is 32.2. The maximum absolute atomic E-state index is 13.6. The molecular weight excluding hydrogens is 483 g/mol. The van der Waals surface area contributed by atoms with E-state index in [9.17, 15) is 13.7 Å². The monoisotopic (exact) mass is 512 g/mol. The second kappa shape index (κ2) is 8.88. The van der Waals surface area contributed by atoms with Gasteiger partial charge >= 0.3 is 0 Å². The van der Waals surface area contributed by atoms with Crippen molar-refractivity contribution in [2.45, 2.75) is 55.4 Å². The van der Waals surface area contributed by atoms with Crippen LogP contribution in [0.2, 0.25) is 0 Å². The Morgan fingerprint density at radius 2 is 2.03 bits per heavy atom. The Morgan fingerprint density at radius 1 is 1.22 bits per heavy atom. The van der Waals surface area contributed by atoms with Gasteiger partial charge in [-0.25, -0.2) is 14.4 Å². The van der Waals surface area contributed by atoms with Gasteiger partial charge in [0.1, 0.15) is 22.8 Å². The molecule has 6 rings (SSSR count). The maximum atomic E-state index is 13.6. The lowest BCUT2D eigenvalue weighted by molar-refractivity contribution is -0.132. The van der Waals surface area contributed by atoms with E-state index in [0.717, 1.165) is 25.0 Å². The standard InChI is InChI=1S/C25H29FN6O3S/c1-25(23-28-18-13-15(26)3-5-19(18)35-23)8-10-32(11-9-25)24-29-17-7-12-36(34)21(17)22(30-24)27-16-4-6-20(33)31(2)14-16/h3,5,13,16H,4,6-12,14H2,1-2H3,(H,27,29,30)/t16-,36?/m0/s1. The molecule has 0 saturated carbocycles. The van der Waals surface area contributed by atoms with Gasteiger partial charge in [-0.15, -0.1) is 0 Å². The summed E-state index contributed by atoms with van der Waals surface area (Å²) in [5.74, 6) is 2.27. The van der Waals surface area contributed by atoms with Crippen LogP contribution in [-0.4, -0.2) is 68.8 Å². The topological polar surface area (TPSA) is 110 Å². The Hall–Kier alpha value is -2.92. The quantitative estimate of drug-likeness (QED) is 0.531. The second-order valence-electron chi connectivity index (χ2n) is 10.3. The van der Waals surface area contributed by atoms with Crippen LogP contribution < -0.4 is 10.2 Å². The smallest absolute Gasteiger partial charge is 0.227 e. The third kappa shape index (κ3) is 4.17. The number of nitrogens with one attached hydrogen (secondary N) is 1. The number of aryl methyl sites for hydroxylation is 1. The fraction of sp³-hybridized carbons (Fsp3) is 0.520. The van der Waals surface area contributed by atoms with Crippen LogP contribution in [0.4, 0.5) is 16.2 Å². The minimum atomic E-state index is -1.12. The van der Waals surface area contributed by atoms with E-state index in [4.69, 9.17) is 14.4 Å². The van der Waals surface area contributed by atoms with Gasteiger partial charge in [0.25, 0.3) is 0 Å². The van der Waals surface area contributed by atoms with E-state index >= 15 is 0 Å². The Balaban J connectivity index is 1.22. The zero-order chi connectivity index (χ0) is 25.0. The number of piperidine rings is 2. The van der Waals surface area contributed by atoms with Gasteiger partial charge in [0.2, 0.25) is 22.6 Å². The number of carbonyl (C=O) groups excluding carboxylic acids is 1. The highest BCUT2D eigenvalue weighted by Gasteiger charge is 2.39. The minimum absolute atomic E-state index is 0.0609. The lowest BCUT2D eigenvalue weighted by atomic mass is 9.80. The fourth-order valence-corrected chi connectivity index (χ4v) is 6.63. The third-order valence-electron chi connectivity index (χ3n) is 7.66. The second-order valence-corrected chi connectivity index (χ2v) is 11.8. The largest absolute Gasteiger partial charge is 0.611 e. The van der Waals surface area contributed by atoms with Crippen molar-refractivity contribution < 1.29 is 18.2 Å². The van der Waals surface area contributed by atoms with Crippen molar-refractivity contribution >= 4 is 39.9 Å². The van der Waals surface area contributed by atoms with Gasteiger partial charge in [0.15, 0.2) is 11.4 Å². The molecule has 2 fully saturated rings. The number of anilines is 2. The normalized spacial score (nSPS) is 23.8. The van der Waals surface area contributed by atoms with Crippen LogP contribution in [0.15, 0.2) is 27.5 Å². The number of rotatable bonds is 4. The molecule has 0 bridgehead atoms. The van der Waals surface area contributed by atoms with E-state index in [-0.39, 0.29) is 23.2 Å². The number of fused-ring (bicyclic) bond motifs is 2. The molecule has 0 spiro atoms. The lowest BCUT2D eigenvalue weighted by Gasteiger charge is -2.37. The predicted molar refractivity (Wildman–Crippen MR) is 134 cm³/mol. The van der Waals surface area contributed by atoms with Crippen molar-refractivity contribution in [1.82, 2.24) is 19.9 Å². The molecule has 9 nitrogen and oxygen atoms in total. The summed E-state index contributed by atoms with van der Waals surface area (Å²) in [5.41, 5.74) is 1.70. The molecule has 3 aliphatic rings. The average molecular weight is 513 g/mol. The van der Waals surface area contributed by atoms with Gasteiger partial charge < -0.3 is 24.1 Å². The first kappa shape index (κ1) is 23.5. The van der Waals surface area contributed by atoms with E-state index in [1.54, 1.807) is 11.0 Å². The summed E-state index contributed by atoms with van der Waals surface area (Å²) in [6, 6.07) is 4.47. The first-order valence-corrected chi connectivity index (χ1v) is 13.7. The molecule has 190 valence electrons. The Labute approximate surface area is 211 Å². The van der Waals surface area contributed by atoms with Crippen LogP contribution >= 0.6 is 0 Å². The van der Waals surface area contributed by atoms with Crippen molar-refractivity contribution in [3.8, 4) is 0 Å². The van der Waals surface area contributed by atoms with Gasteiger partial charge in [-0.1, -0.05) is 6.92 Å². The fourth-order valence-electron chi connectivity index (χ4n) is 5.32. The summed E-state index contributed by atoms with van der Waals surface area (Å²) in [5, 5.41) is 3.48. The average Bonchev–Trinajstić information content (AvgIpc) is 3.46. The molecule has 11 heteroatoms. The van der Waals surface area contributed by atoms with Gasteiger partial charge in [0.05, 0.1) is 0 Å². The van der Waals surface area contributed by atoms with Gasteiger partial charge in [-0.2, -0.15) is 4.98 Å². The van der Waals surface area contributed by atoms with Gasteiger partial charge in [-0.3, -0.25) is 4.79 Å². The van der Waals surface area contributed by atoms with Crippen LogP contribution in [0.25, 0.3) is 11.1 Å². The molecule has 2 saturated heterocycles. The molecule has 36 heavy (non-hydrogen) atoms. The van der Waals surface area contributed by atoms with Gasteiger partial charge in [-0.05, 0) is 42.6 Å². The molecule has 5 heterocycles. The van der Waals surface area contributed by atoms with E-state index in [2.05, 4.69) is 22.1 Å². The highest BCUT2D eigenvalue weighted by Crippen LogP contribution is 2.38. The summed E-state index contributed by atoms with van der Waals surface area (Å²) in [6.07, 6.45) is 3.45. The summed E-state index contributed by atoms with van der Waals surface area (Å²) in [4.78, 5) is 30.7. The van der Waals surface area contributed by atoms with Gasteiger partial charge in [0, 0.05) is 57.0 Å². The Bertz CT molecular complexity index is 1320. The summed E-state index contributed by atoms with van der Waals surface area (Å²) >= 11 is -1.12. The molecule has 3 aliphatic heterocycles. The number of benzene rings is 1. The Morgan fingerprint density at radius 3 is 2.81 bits per heavy atom. The zero-order valence-corrected chi connectivity index (χ0v) is 21.2. The molecule has 0 radical (unpaired) electrons.